The van der Waals surface area contributed by atoms with Crippen molar-refractivity contribution in [2.24, 2.45) is 0 Å². The Hall–Kier alpha value is -1.63. The van der Waals surface area contributed by atoms with Crippen LogP contribution in [0.4, 0.5) is 4.79 Å². The van der Waals surface area contributed by atoms with Crippen molar-refractivity contribution in [2.75, 3.05) is 7.11 Å². The standard InChI is InChI=1S/C11H16N2O4S/c1-11(2,3)17-10(15)12-5-8-13-7(6-18-8)9(14)16-4/h6H,5H2,1-4H3,(H,12,15). The number of carbonyl (C=O) groups excluding carboxylic acids is 2. The molecule has 0 atom stereocenters. The summed E-state index contributed by atoms with van der Waals surface area (Å²) in [5, 5.41) is 4.75. The molecule has 0 saturated carbocycles. The van der Waals surface area contributed by atoms with Crippen LogP contribution in [-0.4, -0.2) is 29.8 Å². The molecule has 1 aromatic heterocycles. The van der Waals surface area contributed by atoms with E-state index in [9.17, 15) is 9.59 Å². The lowest BCUT2D eigenvalue weighted by molar-refractivity contribution is 0.0523. The van der Waals surface area contributed by atoms with Crippen LogP contribution in [0.25, 0.3) is 0 Å². The second-order valence-corrected chi connectivity index (χ2v) is 5.42. The number of methoxy groups -OCH3 is 1. The molecule has 0 radical (unpaired) electrons. The lowest BCUT2D eigenvalue weighted by Crippen LogP contribution is -2.32. The average Bonchev–Trinajstić information content (AvgIpc) is 2.71. The van der Waals surface area contributed by atoms with Gasteiger partial charge in [0, 0.05) is 5.38 Å². The number of hydrogen-bond donors (Lipinski definition) is 1. The number of aromatic nitrogens is 1. The first kappa shape index (κ1) is 14.4. The molecule has 1 heterocycles. The molecule has 7 heteroatoms. The number of rotatable bonds is 3. The van der Waals surface area contributed by atoms with Crippen LogP contribution in [0, 0.1) is 0 Å². The second kappa shape index (κ2) is 5.81. The highest BCUT2D eigenvalue weighted by molar-refractivity contribution is 7.09. The van der Waals surface area contributed by atoms with Gasteiger partial charge in [-0.1, -0.05) is 0 Å². The Morgan fingerprint density at radius 2 is 2.11 bits per heavy atom. The number of amides is 1. The van der Waals surface area contributed by atoms with E-state index in [0.717, 1.165) is 0 Å². The monoisotopic (exact) mass is 272 g/mol. The molecule has 1 N–H and O–H groups in total. The minimum absolute atomic E-state index is 0.219. The van der Waals surface area contributed by atoms with Crippen molar-refractivity contribution in [2.45, 2.75) is 32.9 Å². The highest BCUT2D eigenvalue weighted by Crippen LogP contribution is 2.11. The Bertz CT molecular complexity index is 436. The largest absolute Gasteiger partial charge is 0.464 e. The smallest absolute Gasteiger partial charge is 0.408 e. The lowest BCUT2D eigenvalue weighted by atomic mass is 10.2. The van der Waals surface area contributed by atoms with Crippen LogP contribution in [0.3, 0.4) is 0 Å². The number of esters is 1. The Labute approximate surface area is 109 Å². The van der Waals surface area contributed by atoms with Gasteiger partial charge in [-0.2, -0.15) is 0 Å². The molecule has 0 aromatic carbocycles. The molecular weight excluding hydrogens is 256 g/mol. The minimum atomic E-state index is -0.538. The molecule has 0 spiro atoms. The van der Waals surface area contributed by atoms with E-state index >= 15 is 0 Å². The summed E-state index contributed by atoms with van der Waals surface area (Å²) in [5.74, 6) is -0.491. The van der Waals surface area contributed by atoms with Crippen molar-refractivity contribution >= 4 is 23.4 Å². The van der Waals surface area contributed by atoms with E-state index in [2.05, 4.69) is 15.0 Å². The maximum absolute atomic E-state index is 11.4. The summed E-state index contributed by atoms with van der Waals surface area (Å²) in [7, 11) is 1.29. The topological polar surface area (TPSA) is 77.5 Å². The number of ether oxygens (including phenoxy) is 2. The van der Waals surface area contributed by atoms with Crippen molar-refractivity contribution in [3.05, 3.63) is 16.1 Å². The summed E-state index contributed by atoms with van der Waals surface area (Å²) in [4.78, 5) is 26.6. The van der Waals surface area contributed by atoms with Gasteiger partial charge in [-0.25, -0.2) is 14.6 Å². The van der Waals surface area contributed by atoms with Gasteiger partial charge in [-0.15, -0.1) is 11.3 Å². The predicted octanol–water partition coefficient (Wildman–Crippen LogP) is 1.95. The molecule has 1 amide bonds. The minimum Gasteiger partial charge on any atom is -0.464 e. The van der Waals surface area contributed by atoms with Crippen LogP contribution in [0.1, 0.15) is 36.3 Å². The molecule has 100 valence electrons. The molecule has 6 nitrogen and oxygen atoms in total. The number of nitrogens with zero attached hydrogens (tertiary/aromatic N) is 1. The first-order valence-electron chi connectivity index (χ1n) is 5.31. The fraction of sp³-hybridized carbons (Fsp3) is 0.545. The Balaban J connectivity index is 2.47. The molecule has 0 aliphatic carbocycles. The summed E-state index contributed by atoms with van der Waals surface area (Å²) in [6, 6.07) is 0. The van der Waals surface area contributed by atoms with Crippen molar-refractivity contribution in [3.63, 3.8) is 0 Å². The van der Waals surface area contributed by atoms with Crippen molar-refractivity contribution < 1.29 is 19.1 Å². The van der Waals surface area contributed by atoms with Crippen LogP contribution in [-0.2, 0) is 16.0 Å². The summed E-state index contributed by atoms with van der Waals surface area (Å²) in [6.45, 7) is 5.57. The molecular formula is C11H16N2O4S. The molecule has 0 aliphatic rings. The molecule has 0 fully saturated rings. The zero-order valence-corrected chi connectivity index (χ0v) is 11.6. The number of nitrogens with one attached hydrogen (secondary N) is 1. The maximum atomic E-state index is 11.4. The first-order valence-corrected chi connectivity index (χ1v) is 6.19. The summed E-state index contributed by atoms with van der Waals surface area (Å²) >= 11 is 1.27. The fourth-order valence-electron chi connectivity index (χ4n) is 1.05. The molecule has 1 aromatic rings. The van der Waals surface area contributed by atoms with Gasteiger partial charge >= 0.3 is 12.1 Å². The van der Waals surface area contributed by atoms with E-state index in [0.29, 0.717) is 5.01 Å². The van der Waals surface area contributed by atoms with E-state index in [-0.39, 0.29) is 12.2 Å². The van der Waals surface area contributed by atoms with Crippen LogP contribution < -0.4 is 5.32 Å². The average molecular weight is 272 g/mol. The normalized spacial score (nSPS) is 10.9. The Morgan fingerprint density at radius 3 is 2.67 bits per heavy atom. The molecule has 0 saturated heterocycles. The second-order valence-electron chi connectivity index (χ2n) is 4.47. The Morgan fingerprint density at radius 1 is 1.44 bits per heavy atom. The molecule has 0 bridgehead atoms. The predicted molar refractivity (Wildman–Crippen MR) is 66.5 cm³/mol. The molecule has 0 aliphatic heterocycles. The molecule has 0 unspecified atom stereocenters. The van der Waals surface area contributed by atoms with Gasteiger partial charge in [0.05, 0.1) is 13.7 Å². The quantitative estimate of drug-likeness (QED) is 0.851. The van der Waals surface area contributed by atoms with Gasteiger partial charge in [0.25, 0.3) is 0 Å². The van der Waals surface area contributed by atoms with Crippen LogP contribution in [0.15, 0.2) is 5.38 Å². The highest BCUT2D eigenvalue weighted by atomic mass is 32.1. The lowest BCUT2D eigenvalue weighted by Gasteiger charge is -2.19. The third-order valence-corrected chi connectivity index (χ3v) is 2.58. The zero-order chi connectivity index (χ0) is 13.8. The van der Waals surface area contributed by atoms with Crippen molar-refractivity contribution in [1.29, 1.82) is 0 Å². The van der Waals surface area contributed by atoms with E-state index in [4.69, 9.17) is 4.74 Å². The number of carbonyl (C=O) groups is 2. The van der Waals surface area contributed by atoms with E-state index in [1.165, 1.54) is 18.4 Å². The fourth-order valence-corrected chi connectivity index (χ4v) is 1.76. The van der Waals surface area contributed by atoms with Crippen molar-refractivity contribution in [3.8, 4) is 0 Å². The van der Waals surface area contributed by atoms with Crippen molar-refractivity contribution in [1.82, 2.24) is 10.3 Å². The summed E-state index contributed by atoms with van der Waals surface area (Å²) in [6.07, 6.45) is -0.516. The van der Waals surface area contributed by atoms with Crippen LogP contribution in [0.2, 0.25) is 0 Å². The molecule has 18 heavy (non-hydrogen) atoms. The van der Waals surface area contributed by atoms with E-state index in [1.54, 1.807) is 26.2 Å². The number of thiazole rings is 1. The zero-order valence-electron chi connectivity index (χ0n) is 10.8. The van der Waals surface area contributed by atoms with Gasteiger partial charge in [-0.3, -0.25) is 0 Å². The maximum Gasteiger partial charge on any atom is 0.408 e. The van der Waals surface area contributed by atoms with Gasteiger partial charge in [0.1, 0.15) is 10.6 Å². The van der Waals surface area contributed by atoms with Crippen LogP contribution >= 0.6 is 11.3 Å². The Kier molecular flexibility index (Phi) is 4.66. The SMILES string of the molecule is COC(=O)c1csc(CNC(=O)OC(C)(C)C)n1. The van der Waals surface area contributed by atoms with Crippen LogP contribution in [0.5, 0.6) is 0 Å². The summed E-state index contributed by atoms with van der Waals surface area (Å²) < 4.78 is 9.60. The van der Waals surface area contributed by atoms with Gasteiger partial charge in [0.2, 0.25) is 0 Å². The number of alkyl carbamates (subject to hydrolysis) is 1. The van der Waals surface area contributed by atoms with E-state index < -0.39 is 17.7 Å². The van der Waals surface area contributed by atoms with Gasteiger partial charge in [-0.05, 0) is 20.8 Å². The summed E-state index contributed by atoms with van der Waals surface area (Å²) in [5.41, 5.74) is -0.298. The van der Waals surface area contributed by atoms with Gasteiger partial charge in [0.15, 0.2) is 5.69 Å². The third-order valence-electron chi connectivity index (χ3n) is 1.73. The van der Waals surface area contributed by atoms with Gasteiger partial charge < -0.3 is 14.8 Å². The van der Waals surface area contributed by atoms with E-state index in [1.807, 2.05) is 0 Å². The third kappa shape index (κ3) is 4.70. The highest BCUT2D eigenvalue weighted by Gasteiger charge is 2.16. The number of hydrogen-bond acceptors (Lipinski definition) is 6. The molecule has 1 rings (SSSR count). The first-order chi connectivity index (χ1) is 8.31.